The standard InChI is InChI=1S/C24H28F2N4/c1-17(22-15-27-30(18(22)2)24-9-8-20(25)14-23(24)26)28-21-10-12-29(13-11-21)16-19-6-4-3-5-7-19/h3-9,14-15,17,21,28H,10-13,16H2,1-2H3. The van der Waals surface area contributed by atoms with Crippen LogP contribution in [0.2, 0.25) is 0 Å². The molecule has 3 aromatic rings. The maximum atomic E-state index is 14.2. The van der Waals surface area contributed by atoms with Crippen LogP contribution in [0.5, 0.6) is 0 Å². The molecule has 0 radical (unpaired) electrons. The zero-order chi connectivity index (χ0) is 21.1. The number of nitrogens with zero attached hydrogens (tertiary/aromatic N) is 3. The topological polar surface area (TPSA) is 33.1 Å². The van der Waals surface area contributed by atoms with Gasteiger partial charge in [0, 0.05) is 36.0 Å². The molecule has 1 aliphatic rings. The van der Waals surface area contributed by atoms with Crippen molar-refractivity contribution in [1.82, 2.24) is 20.0 Å². The second kappa shape index (κ2) is 9.06. The lowest BCUT2D eigenvalue weighted by Gasteiger charge is -2.34. The number of hydrogen-bond acceptors (Lipinski definition) is 3. The minimum absolute atomic E-state index is 0.105. The molecule has 2 aromatic carbocycles. The normalized spacial score (nSPS) is 16.7. The first-order valence-electron chi connectivity index (χ1n) is 10.5. The fraction of sp³-hybridized carbons (Fsp3) is 0.375. The second-order valence-corrected chi connectivity index (χ2v) is 8.12. The van der Waals surface area contributed by atoms with Crippen LogP contribution in [0, 0.1) is 18.6 Å². The van der Waals surface area contributed by atoms with Crippen LogP contribution in [0.1, 0.15) is 42.6 Å². The molecule has 1 unspecified atom stereocenters. The van der Waals surface area contributed by atoms with Gasteiger partial charge in [-0.1, -0.05) is 30.3 Å². The van der Waals surface area contributed by atoms with Crippen molar-refractivity contribution in [3.8, 4) is 5.69 Å². The van der Waals surface area contributed by atoms with Crippen molar-refractivity contribution in [2.24, 2.45) is 0 Å². The van der Waals surface area contributed by atoms with E-state index >= 15 is 0 Å². The van der Waals surface area contributed by atoms with Gasteiger partial charge in [0.2, 0.25) is 0 Å². The molecule has 30 heavy (non-hydrogen) atoms. The molecule has 1 atom stereocenters. The summed E-state index contributed by atoms with van der Waals surface area (Å²) < 4.78 is 28.9. The molecule has 158 valence electrons. The minimum Gasteiger partial charge on any atom is -0.307 e. The predicted octanol–water partition coefficient (Wildman–Crippen LogP) is 4.77. The molecule has 4 nitrogen and oxygen atoms in total. The maximum absolute atomic E-state index is 14.2. The Labute approximate surface area is 176 Å². The van der Waals surface area contributed by atoms with Crippen molar-refractivity contribution in [3.63, 3.8) is 0 Å². The van der Waals surface area contributed by atoms with Crippen LogP contribution in [0.4, 0.5) is 8.78 Å². The highest BCUT2D eigenvalue weighted by Crippen LogP contribution is 2.24. The van der Waals surface area contributed by atoms with Gasteiger partial charge in [0.1, 0.15) is 11.5 Å². The van der Waals surface area contributed by atoms with Crippen LogP contribution in [-0.2, 0) is 6.54 Å². The Morgan fingerprint density at radius 1 is 1.10 bits per heavy atom. The highest BCUT2D eigenvalue weighted by Gasteiger charge is 2.23. The number of piperidine rings is 1. The average Bonchev–Trinajstić information content (AvgIpc) is 3.11. The molecular formula is C24H28F2N4. The number of aromatic nitrogens is 2. The van der Waals surface area contributed by atoms with Gasteiger partial charge in [-0.15, -0.1) is 0 Å². The highest BCUT2D eigenvalue weighted by molar-refractivity contribution is 5.37. The smallest absolute Gasteiger partial charge is 0.151 e. The Morgan fingerprint density at radius 3 is 2.53 bits per heavy atom. The van der Waals surface area contributed by atoms with Gasteiger partial charge in [0.25, 0.3) is 0 Å². The van der Waals surface area contributed by atoms with Crippen molar-refractivity contribution in [2.45, 2.75) is 45.3 Å². The lowest BCUT2D eigenvalue weighted by molar-refractivity contribution is 0.185. The van der Waals surface area contributed by atoms with E-state index in [4.69, 9.17) is 0 Å². The zero-order valence-corrected chi connectivity index (χ0v) is 17.5. The number of likely N-dealkylation sites (tertiary alicyclic amines) is 1. The molecule has 6 heteroatoms. The van der Waals surface area contributed by atoms with Gasteiger partial charge in [-0.3, -0.25) is 4.90 Å². The van der Waals surface area contributed by atoms with E-state index in [1.165, 1.54) is 17.7 Å². The SMILES string of the molecule is Cc1c(C(C)NC2CCN(Cc3ccccc3)CC2)cnn1-c1ccc(F)cc1F. The second-order valence-electron chi connectivity index (χ2n) is 8.12. The summed E-state index contributed by atoms with van der Waals surface area (Å²) in [6.07, 6.45) is 3.97. The van der Waals surface area contributed by atoms with Crippen molar-refractivity contribution < 1.29 is 8.78 Å². The van der Waals surface area contributed by atoms with Crippen molar-refractivity contribution in [3.05, 3.63) is 83.2 Å². The maximum Gasteiger partial charge on any atom is 0.151 e. The molecule has 1 aliphatic heterocycles. The molecule has 4 rings (SSSR count). The Balaban J connectivity index is 1.36. The van der Waals surface area contributed by atoms with E-state index in [1.807, 2.05) is 6.92 Å². The van der Waals surface area contributed by atoms with Crippen LogP contribution in [0.25, 0.3) is 5.69 Å². The fourth-order valence-corrected chi connectivity index (χ4v) is 4.29. The monoisotopic (exact) mass is 410 g/mol. The van der Waals surface area contributed by atoms with Gasteiger partial charge in [-0.25, -0.2) is 13.5 Å². The van der Waals surface area contributed by atoms with E-state index in [2.05, 4.69) is 52.6 Å². The largest absolute Gasteiger partial charge is 0.307 e. The number of benzene rings is 2. The highest BCUT2D eigenvalue weighted by atomic mass is 19.1. The predicted molar refractivity (Wildman–Crippen MR) is 115 cm³/mol. The quantitative estimate of drug-likeness (QED) is 0.635. The van der Waals surface area contributed by atoms with E-state index in [0.29, 0.717) is 6.04 Å². The van der Waals surface area contributed by atoms with Gasteiger partial charge in [0.05, 0.1) is 6.20 Å². The molecular weight excluding hydrogens is 382 g/mol. The van der Waals surface area contributed by atoms with Crippen LogP contribution >= 0.6 is 0 Å². The van der Waals surface area contributed by atoms with Crippen LogP contribution in [-0.4, -0.2) is 33.8 Å². The Kier molecular flexibility index (Phi) is 6.25. The van der Waals surface area contributed by atoms with Crippen LogP contribution in [0.15, 0.2) is 54.7 Å². The minimum atomic E-state index is -0.612. The summed E-state index contributed by atoms with van der Waals surface area (Å²) in [5.41, 5.74) is 3.52. The fourth-order valence-electron chi connectivity index (χ4n) is 4.29. The molecule has 1 saturated heterocycles. The van der Waals surface area contributed by atoms with Gasteiger partial charge >= 0.3 is 0 Å². The molecule has 0 bridgehead atoms. The van der Waals surface area contributed by atoms with Gasteiger partial charge < -0.3 is 5.32 Å². The first-order chi connectivity index (χ1) is 14.5. The molecule has 0 aliphatic carbocycles. The Bertz CT molecular complexity index is 978. The summed E-state index contributed by atoms with van der Waals surface area (Å²) in [5, 5.41) is 8.07. The van der Waals surface area contributed by atoms with Crippen molar-refractivity contribution in [1.29, 1.82) is 0 Å². The number of rotatable bonds is 6. The summed E-state index contributed by atoms with van der Waals surface area (Å²) in [6.45, 7) is 7.17. The van der Waals surface area contributed by atoms with E-state index in [0.717, 1.165) is 49.8 Å². The van der Waals surface area contributed by atoms with Crippen molar-refractivity contribution >= 4 is 0 Å². The number of nitrogens with one attached hydrogen (secondary N) is 1. The summed E-state index contributed by atoms with van der Waals surface area (Å²) in [7, 11) is 0. The van der Waals surface area contributed by atoms with Crippen LogP contribution in [0.3, 0.4) is 0 Å². The third-order valence-electron chi connectivity index (χ3n) is 5.97. The summed E-state index contributed by atoms with van der Waals surface area (Å²) in [6, 6.07) is 14.7. The Morgan fingerprint density at radius 2 is 1.83 bits per heavy atom. The molecule has 0 amide bonds. The Hall–Kier alpha value is -2.57. The third-order valence-corrected chi connectivity index (χ3v) is 5.97. The average molecular weight is 411 g/mol. The summed E-state index contributed by atoms with van der Waals surface area (Å²) in [4.78, 5) is 2.50. The van der Waals surface area contributed by atoms with Gasteiger partial charge in [0.15, 0.2) is 5.82 Å². The van der Waals surface area contributed by atoms with Gasteiger partial charge in [-0.05, 0) is 57.5 Å². The summed E-state index contributed by atoms with van der Waals surface area (Å²) in [5.74, 6) is -1.20. The van der Waals surface area contributed by atoms with E-state index < -0.39 is 11.6 Å². The number of hydrogen-bond donors (Lipinski definition) is 1. The zero-order valence-electron chi connectivity index (χ0n) is 17.5. The van der Waals surface area contributed by atoms with Gasteiger partial charge in [-0.2, -0.15) is 5.10 Å². The van der Waals surface area contributed by atoms with E-state index in [-0.39, 0.29) is 11.7 Å². The molecule has 2 heterocycles. The van der Waals surface area contributed by atoms with Crippen molar-refractivity contribution in [2.75, 3.05) is 13.1 Å². The lowest BCUT2D eigenvalue weighted by Crippen LogP contribution is -2.43. The first kappa shape index (κ1) is 20.7. The van der Waals surface area contributed by atoms with Crippen LogP contribution < -0.4 is 5.32 Å². The van der Waals surface area contributed by atoms with E-state index in [9.17, 15) is 8.78 Å². The molecule has 0 spiro atoms. The first-order valence-corrected chi connectivity index (χ1v) is 10.5. The van der Waals surface area contributed by atoms with E-state index in [1.54, 1.807) is 10.9 Å². The third kappa shape index (κ3) is 4.60. The molecule has 1 fully saturated rings. The molecule has 1 aromatic heterocycles. The lowest BCUT2D eigenvalue weighted by atomic mass is 10.0. The molecule has 1 N–H and O–H groups in total. The molecule has 0 saturated carbocycles. The number of halogens is 2. The summed E-state index contributed by atoms with van der Waals surface area (Å²) >= 11 is 0.